The van der Waals surface area contributed by atoms with Gasteiger partial charge in [-0.05, 0) is 48.1 Å². The Morgan fingerprint density at radius 1 is 1.21 bits per heavy atom. The van der Waals surface area contributed by atoms with E-state index in [0.29, 0.717) is 50.9 Å². The first-order chi connectivity index (χ1) is 15.7. The summed E-state index contributed by atoms with van der Waals surface area (Å²) >= 11 is 1.62. The van der Waals surface area contributed by atoms with Crippen LogP contribution in [-0.2, 0) is 21.5 Å². The molecule has 0 aliphatic carbocycles. The van der Waals surface area contributed by atoms with Gasteiger partial charge in [-0.2, -0.15) is 0 Å². The third-order valence-electron chi connectivity index (χ3n) is 6.55. The van der Waals surface area contributed by atoms with E-state index in [1.807, 2.05) is 28.5 Å². The number of aromatic nitrogens is 1. The van der Waals surface area contributed by atoms with Crippen LogP contribution in [0.15, 0.2) is 42.0 Å². The highest BCUT2D eigenvalue weighted by molar-refractivity contribution is 7.09. The Labute approximate surface area is 199 Å². The molecule has 1 atom stereocenters. The monoisotopic (exact) mass is 468 g/mol. The van der Waals surface area contributed by atoms with Crippen LogP contribution < -0.4 is 5.32 Å². The smallest absolute Gasteiger partial charge is 0.325 e. The number of amides is 4. The SMILES string of the molecule is CC(C)(C)CC(=O)N1CCC([C@@]2(c3cccnc3)NC(=O)N(CCc3cccs3)C2=O)CC1. The number of piperidine rings is 1. The van der Waals surface area contributed by atoms with E-state index in [2.05, 4.69) is 31.1 Å². The number of pyridine rings is 1. The number of carbonyl (C=O) groups excluding carboxylic acids is 3. The van der Waals surface area contributed by atoms with Gasteiger partial charge in [-0.3, -0.25) is 19.5 Å². The van der Waals surface area contributed by atoms with Crippen molar-refractivity contribution in [1.29, 1.82) is 0 Å². The zero-order valence-electron chi connectivity index (χ0n) is 19.5. The number of nitrogens with one attached hydrogen (secondary N) is 1. The molecule has 8 heteroatoms. The molecule has 4 heterocycles. The summed E-state index contributed by atoms with van der Waals surface area (Å²) < 4.78 is 0. The van der Waals surface area contributed by atoms with Crippen LogP contribution >= 0.6 is 11.3 Å². The van der Waals surface area contributed by atoms with Gasteiger partial charge in [0.15, 0.2) is 5.54 Å². The molecule has 176 valence electrons. The number of likely N-dealkylation sites (tertiary alicyclic amines) is 1. The second-order valence-electron chi connectivity index (χ2n) is 10.2. The van der Waals surface area contributed by atoms with E-state index in [0.717, 1.165) is 4.88 Å². The van der Waals surface area contributed by atoms with Crippen molar-refractivity contribution in [2.75, 3.05) is 19.6 Å². The van der Waals surface area contributed by atoms with Gasteiger partial charge in [0, 0.05) is 48.9 Å². The van der Waals surface area contributed by atoms with Gasteiger partial charge in [-0.1, -0.05) is 32.9 Å². The Bertz CT molecular complexity index is 994. The van der Waals surface area contributed by atoms with Crippen molar-refractivity contribution in [1.82, 2.24) is 20.1 Å². The summed E-state index contributed by atoms with van der Waals surface area (Å²) in [7, 11) is 0. The summed E-state index contributed by atoms with van der Waals surface area (Å²) in [5.41, 5.74) is -0.495. The number of thiophene rings is 1. The summed E-state index contributed by atoms with van der Waals surface area (Å²) in [5, 5.41) is 5.06. The van der Waals surface area contributed by atoms with Crippen LogP contribution in [0.4, 0.5) is 4.79 Å². The molecule has 33 heavy (non-hydrogen) atoms. The largest absolute Gasteiger partial charge is 0.343 e. The van der Waals surface area contributed by atoms with E-state index in [4.69, 9.17) is 0 Å². The van der Waals surface area contributed by atoms with Crippen LogP contribution in [0.1, 0.15) is 50.5 Å². The minimum Gasteiger partial charge on any atom is -0.343 e. The van der Waals surface area contributed by atoms with Crippen molar-refractivity contribution in [3.05, 3.63) is 52.5 Å². The molecule has 2 aromatic rings. The molecule has 1 N–H and O–H groups in total. The lowest BCUT2D eigenvalue weighted by atomic mass is 9.73. The second kappa shape index (κ2) is 9.25. The molecule has 0 bridgehead atoms. The van der Waals surface area contributed by atoms with Crippen molar-refractivity contribution < 1.29 is 14.4 Å². The molecular weight excluding hydrogens is 436 g/mol. The van der Waals surface area contributed by atoms with Gasteiger partial charge in [-0.15, -0.1) is 11.3 Å². The first kappa shape index (κ1) is 23.4. The van der Waals surface area contributed by atoms with Gasteiger partial charge in [0.2, 0.25) is 5.91 Å². The Balaban J connectivity index is 1.55. The molecule has 2 saturated heterocycles. The van der Waals surface area contributed by atoms with Gasteiger partial charge < -0.3 is 10.2 Å². The van der Waals surface area contributed by atoms with Gasteiger partial charge in [0.1, 0.15) is 0 Å². The Kier molecular flexibility index (Phi) is 6.56. The minimum atomic E-state index is -1.14. The molecule has 0 saturated carbocycles. The van der Waals surface area contributed by atoms with E-state index < -0.39 is 5.54 Å². The lowest BCUT2D eigenvalue weighted by Crippen LogP contribution is -2.54. The molecule has 4 rings (SSSR count). The van der Waals surface area contributed by atoms with Crippen LogP contribution in [0.2, 0.25) is 0 Å². The third kappa shape index (κ3) is 4.81. The molecule has 4 amide bonds. The topological polar surface area (TPSA) is 82.6 Å². The summed E-state index contributed by atoms with van der Waals surface area (Å²) in [4.78, 5) is 48.2. The van der Waals surface area contributed by atoms with Gasteiger partial charge in [0.05, 0.1) is 0 Å². The Hall–Kier alpha value is -2.74. The van der Waals surface area contributed by atoms with E-state index in [1.54, 1.807) is 29.8 Å². The fourth-order valence-corrected chi connectivity index (χ4v) is 5.60. The standard InChI is InChI=1S/C25H32N4O3S/c1-24(2,3)16-21(30)28-12-8-18(9-13-28)25(19-6-4-11-26-17-19)22(31)29(23(32)27-25)14-10-20-7-5-15-33-20/h4-7,11,15,17-18H,8-10,12-14,16H2,1-3H3,(H,27,32)/t25-/m0/s1. The number of hydrogen-bond acceptors (Lipinski definition) is 5. The normalized spacial score (nSPS) is 22.0. The summed E-state index contributed by atoms with van der Waals surface area (Å²) in [6.07, 6.45) is 5.78. The highest BCUT2D eigenvalue weighted by atomic mass is 32.1. The van der Waals surface area contributed by atoms with Crippen molar-refractivity contribution in [3.63, 3.8) is 0 Å². The number of urea groups is 1. The number of rotatable bonds is 6. The minimum absolute atomic E-state index is 0.0661. The van der Waals surface area contributed by atoms with Crippen LogP contribution in [-0.4, -0.2) is 52.3 Å². The van der Waals surface area contributed by atoms with E-state index >= 15 is 0 Å². The predicted molar refractivity (Wildman–Crippen MR) is 128 cm³/mol. The molecular formula is C25H32N4O3S. The van der Waals surface area contributed by atoms with Gasteiger partial charge in [0.25, 0.3) is 5.91 Å². The lowest BCUT2D eigenvalue weighted by molar-refractivity contribution is -0.137. The Morgan fingerprint density at radius 2 is 1.97 bits per heavy atom. The zero-order chi connectivity index (χ0) is 23.6. The van der Waals surface area contributed by atoms with E-state index in [-0.39, 0.29) is 29.2 Å². The quantitative estimate of drug-likeness (QED) is 0.654. The maximum absolute atomic E-state index is 13.8. The molecule has 0 radical (unpaired) electrons. The molecule has 7 nitrogen and oxygen atoms in total. The molecule has 0 unspecified atom stereocenters. The summed E-state index contributed by atoms with van der Waals surface area (Å²) in [5.74, 6) is -0.171. The highest BCUT2D eigenvalue weighted by Crippen LogP contribution is 2.41. The fraction of sp³-hybridized carbons (Fsp3) is 0.520. The molecule has 0 aromatic carbocycles. The molecule has 2 aromatic heterocycles. The zero-order valence-corrected chi connectivity index (χ0v) is 20.4. The number of nitrogens with zero attached hydrogens (tertiary/aromatic N) is 3. The lowest BCUT2D eigenvalue weighted by Gasteiger charge is -2.41. The fourth-order valence-electron chi connectivity index (χ4n) is 4.91. The van der Waals surface area contributed by atoms with E-state index in [9.17, 15) is 14.4 Å². The van der Waals surface area contributed by atoms with Crippen molar-refractivity contribution in [2.24, 2.45) is 11.3 Å². The predicted octanol–water partition coefficient (Wildman–Crippen LogP) is 3.81. The average molecular weight is 469 g/mol. The number of hydrogen-bond donors (Lipinski definition) is 1. The summed E-state index contributed by atoms with van der Waals surface area (Å²) in [6.45, 7) is 7.70. The van der Waals surface area contributed by atoms with E-state index in [1.165, 1.54) is 4.90 Å². The number of carbonyl (C=O) groups is 3. The maximum Gasteiger partial charge on any atom is 0.325 e. The highest BCUT2D eigenvalue weighted by Gasteiger charge is 2.57. The van der Waals surface area contributed by atoms with Crippen molar-refractivity contribution in [3.8, 4) is 0 Å². The summed E-state index contributed by atoms with van der Waals surface area (Å²) in [6, 6.07) is 7.30. The second-order valence-corrected chi connectivity index (χ2v) is 11.2. The van der Waals surface area contributed by atoms with Crippen LogP contribution in [0.5, 0.6) is 0 Å². The van der Waals surface area contributed by atoms with Crippen molar-refractivity contribution >= 4 is 29.2 Å². The van der Waals surface area contributed by atoms with Crippen LogP contribution in [0.3, 0.4) is 0 Å². The molecule has 2 aliphatic heterocycles. The Morgan fingerprint density at radius 3 is 2.58 bits per heavy atom. The molecule has 0 spiro atoms. The van der Waals surface area contributed by atoms with Crippen LogP contribution in [0.25, 0.3) is 0 Å². The van der Waals surface area contributed by atoms with Crippen molar-refractivity contribution in [2.45, 2.75) is 52.0 Å². The maximum atomic E-state index is 13.8. The van der Waals surface area contributed by atoms with Crippen LogP contribution in [0, 0.1) is 11.3 Å². The first-order valence-electron chi connectivity index (χ1n) is 11.6. The van der Waals surface area contributed by atoms with Gasteiger partial charge >= 0.3 is 6.03 Å². The molecule has 2 aliphatic rings. The average Bonchev–Trinajstić information content (AvgIpc) is 3.39. The third-order valence-corrected chi connectivity index (χ3v) is 7.49. The van der Waals surface area contributed by atoms with Gasteiger partial charge in [-0.25, -0.2) is 4.79 Å². The first-order valence-corrected chi connectivity index (χ1v) is 12.4. The number of imide groups is 1. The molecule has 2 fully saturated rings.